The number of ether oxygens (including phenoxy) is 2. The van der Waals surface area contributed by atoms with Gasteiger partial charge in [0.1, 0.15) is 5.75 Å². The second kappa shape index (κ2) is 7.94. The molecule has 4 heteroatoms. The molecule has 23 heavy (non-hydrogen) atoms. The lowest BCUT2D eigenvalue weighted by atomic mass is 10.0. The van der Waals surface area contributed by atoms with Crippen LogP contribution in [0.3, 0.4) is 0 Å². The van der Waals surface area contributed by atoms with Crippen LogP contribution in [-0.2, 0) is 20.7 Å². The molecule has 0 aromatic heterocycles. The molecule has 0 aliphatic heterocycles. The minimum absolute atomic E-state index is 0.334. The Morgan fingerprint density at radius 2 is 1.57 bits per heavy atom. The van der Waals surface area contributed by atoms with Gasteiger partial charge in [-0.3, -0.25) is 4.79 Å². The first-order chi connectivity index (χ1) is 11.1. The van der Waals surface area contributed by atoms with Gasteiger partial charge in [-0.25, -0.2) is 4.79 Å². The summed E-state index contributed by atoms with van der Waals surface area (Å²) in [6, 6.07) is 15.3. The topological polar surface area (TPSA) is 52.6 Å². The van der Waals surface area contributed by atoms with Crippen LogP contribution in [0.1, 0.15) is 12.5 Å². The molecule has 118 valence electrons. The number of hydrogen-bond donors (Lipinski definition) is 0. The molecule has 2 aromatic carbocycles. The standard InChI is InChI=1S/C19H18O4/c1-3-19(21)22-13-12-15-4-6-16(7-5-15)17-8-10-18(11-9-17)23-14(2)20/h3-11H,1,12-13H2,2H3. The third-order valence-corrected chi connectivity index (χ3v) is 3.20. The molecule has 0 unspecified atom stereocenters. The van der Waals surface area contributed by atoms with Crippen molar-refractivity contribution in [3.8, 4) is 16.9 Å². The lowest BCUT2D eigenvalue weighted by Crippen LogP contribution is -2.04. The summed E-state index contributed by atoms with van der Waals surface area (Å²) in [6.07, 6.45) is 1.81. The molecule has 0 heterocycles. The predicted molar refractivity (Wildman–Crippen MR) is 88.0 cm³/mol. The van der Waals surface area contributed by atoms with Crippen LogP contribution in [0.2, 0.25) is 0 Å². The number of hydrogen-bond acceptors (Lipinski definition) is 4. The van der Waals surface area contributed by atoms with Gasteiger partial charge in [0, 0.05) is 19.4 Å². The first kappa shape index (κ1) is 16.5. The molecule has 0 fully saturated rings. The van der Waals surface area contributed by atoms with Gasteiger partial charge in [0.05, 0.1) is 6.61 Å². The quantitative estimate of drug-likeness (QED) is 0.465. The fraction of sp³-hybridized carbons (Fsp3) is 0.158. The first-order valence-electron chi connectivity index (χ1n) is 7.25. The summed E-state index contributed by atoms with van der Waals surface area (Å²) in [5.41, 5.74) is 3.18. The molecule has 0 radical (unpaired) electrons. The molecule has 0 atom stereocenters. The molecular weight excluding hydrogens is 292 g/mol. The molecule has 0 N–H and O–H groups in total. The summed E-state index contributed by atoms with van der Waals surface area (Å²) in [5.74, 6) is -0.212. The minimum Gasteiger partial charge on any atom is -0.462 e. The molecule has 0 spiro atoms. The molecule has 2 aromatic rings. The number of esters is 2. The van der Waals surface area contributed by atoms with E-state index in [4.69, 9.17) is 9.47 Å². The van der Waals surface area contributed by atoms with Crippen LogP contribution >= 0.6 is 0 Å². The van der Waals surface area contributed by atoms with Crippen molar-refractivity contribution in [3.05, 3.63) is 66.7 Å². The lowest BCUT2D eigenvalue weighted by Gasteiger charge is -2.06. The fourth-order valence-electron chi connectivity index (χ4n) is 2.07. The van der Waals surface area contributed by atoms with Crippen molar-refractivity contribution in [1.29, 1.82) is 0 Å². The van der Waals surface area contributed by atoms with Gasteiger partial charge in [-0.15, -0.1) is 0 Å². The van der Waals surface area contributed by atoms with E-state index >= 15 is 0 Å². The summed E-state index contributed by atoms with van der Waals surface area (Å²) < 4.78 is 9.97. The molecule has 0 amide bonds. The summed E-state index contributed by atoms with van der Waals surface area (Å²) >= 11 is 0. The summed E-state index contributed by atoms with van der Waals surface area (Å²) in [4.78, 5) is 21.9. The van der Waals surface area contributed by atoms with E-state index in [0.29, 0.717) is 18.8 Å². The Labute approximate surface area is 135 Å². The molecule has 0 aliphatic carbocycles. The molecule has 0 saturated carbocycles. The number of benzene rings is 2. The van der Waals surface area contributed by atoms with Gasteiger partial charge in [-0.2, -0.15) is 0 Å². The Kier molecular flexibility index (Phi) is 5.69. The van der Waals surface area contributed by atoms with Gasteiger partial charge >= 0.3 is 11.9 Å². The van der Waals surface area contributed by atoms with E-state index < -0.39 is 5.97 Å². The lowest BCUT2D eigenvalue weighted by molar-refractivity contribution is -0.137. The monoisotopic (exact) mass is 310 g/mol. The van der Waals surface area contributed by atoms with E-state index in [1.54, 1.807) is 12.1 Å². The van der Waals surface area contributed by atoms with E-state index in [1.165, 1.54) is 6.92 Å². The third kappa shape index (κ3) is 5.11. The number of carbonyl (C=O) groups is 2. The average Bonchev–Trinajstić information content (AvgIpc) is 2.55. The Morgan fingerprint density at radius 1 is 1.00 bits per heavy atom. The van der Waals surface area contributed by atoms with Gasteiger partial charge in [0.15, 0.2) is 0 Å². The maximum atomic E-state index is 11.0. The second-order valence-electron chi connectivity index (χ2n) is 4.94. The molecule has 2 rings (SSSR count). The van der Waals surface area contributed by atoms with Crippen molar-refractivity contribution in [2.24, 2.45) is 0 Å². The van der Waals surface area contributed by atoms with E-state index in [-0.39, 0.29) is 5.97 Å². The van der Waals surface area contributed by atoms with Crippen molar-refractivity contribution in [2.75, 3.05) is 6.61 Å². The molecule has 0 saturated heterocycles. The zero-order valence-corrected chi connectivity index (χ0v) is 13.0. The highest BCUT2D eigenvalue weighted by Crippen LogP contribution is 2.23. The van der Waals surface area contributed by atoms with E-state index in [9.17, 15) is 9.59 Å². The van der Waals surface area contributed by atoms with Crippen LogP contribution in [0.4, 0.5) is 0 Å². The Morgan fingerprint density at radius 3 is 2.09 bits per heavy atom. The largest absolute Gasteiger partial charge is 0.462 e. The molecule has 4 nitrogen and oxygen atoms in total. The second-order valence-corrected chi connectivity index (χ2v) is 4.94. The van der Waals surface area contributed by atoms with E-state index in [1.807, 2.05) is 36.4 Å². The number of carbonyl (C=O) groups excluding carboxylic acids is 2. The number of rotatable bonds is 6. The van der Waals surface area contributed by atoms with Crippen LogP contribution in [-0.4, -0.2) is 18.5 Å². The smallest absolute Gasteiger partial charge is 0.330 e. The van der Waals surface area contributed by atoms with Crippen molar-refractivity contribution in [2.45, 2.75) is 13.3 Å². The summed E-state index contributed by atoms with van der Waals surface area (Å²) in [6.45, 7) is 5.06. The first-order valence-corrected chi connectivity index (χ1v) is 7.25. The summed E-state index contributed by atoms with van der Waals surface area (Å²) in [5, 5.41) is 0. The van der Waals surface area contributed by atoms with Gasteiger partial charge in [0.2, 0.25) is 0 Å². The Balaban J connectivity index is 1.97. The Bertz CT molecular complexity index is 684. The van der Waals surface area contributed by atoms with Crippen LogP contribution in [0.5, 0.6) is 5.75 Å². The fourth-order valence-corrected chi connectivity index (χ4v) is 2.07. The highest BCUT2D eigenvalue weighted by atomic mass is 16.5. The van der Waals surface area contributed by atoms with Crippen molar-refractivity contribution < 1.29 is 19.1 Å². The highest BCUT2D eigenvalue weighted by Gasteiger charge is 2.02. The van der Waals surface area contributed by atoms with Crippen molar-refractivity contribution >= 4 is 11.9 Å². The maximum absolute atomic E-state index is 11.0. The molecular formula is C19H18O4. The van der Waals surface area contributed by atoms with Crippen molar-refractivity contribution in [1.82, 2.24) is 0 Å². The zero-order chi connectivity index (χ0) is 16.7. The van der Waals surface area contributed by atoms with E-state index in [2.05, 4.69) is 6.58 Å². The molecule has 0 aliphatic rings. The molecule has 0 bridgehead atoms. The zero-order valence-electron chi connectivity index (χ0n) is 13.0. The van der Waals surface area contributed by atoms with Crippen LogP contribution in [0.15, 0.2) is 61.2 Å². The minimum atomic E-state index is -0.408. The van der Waals surface area contributed by atoms with Crippen molar-refractivity contribution in [3.63, 3.8) is 0 Å². The van der Waals surface area contributed by atoms with Gasteiger partial charge < -0.3 is 9.47 Å². The normalized spacial score (nSPS) is 9.96. The van der Waals surface area contributed by atoms with Crippen LogP contribution < -0.4 is 4.74 Å². The van der Waals surface area contributed by atoms with Crippen LogP contribution in [0.25, 0.3) is 11.1 Å². The van der Waals surface area contributed by atoms with Crippen LogP contribution in [0, 0.1) is 0 Å². The van der Waals surface area contributed by atoms with Gasteiger partial charge in [-0.05, 0) is 28.8 Å². The highest BCUT2D eigenvalue weighted by molar-refractivity contribution is 5.81. The summed E-state index contributed by atoms with van der Waals surface area (Å²) in [7, 11) is 0. The van der Waals surface area contributed by atoms with E-state index in [0.717, 1.165) is 22.8 Å². The predicted octanol–water partition coefficient (Wildman–Crippen LogP) is 3.55. The SMILES string of the molecule is C=CC(=O)OCCc1ccc(-c2ccc(OC(C)=O)cc2)cc1. The van der Waals surface area contributed by atoms with Gasteiger partial charge in [-0.1, -0.05) is 43.0 Å². The maximum Gasteiger partial charge on any atom is 0.330 e. The van der Waals surface area contributed by atoms with Gasteiger partial charge in [0.25, 0.3) is 0 Å². The average molecular weight is 310 g/mol. The third-order valence-electron chi connectivity index (χ3n) is 3.20. The Hall–Kier alpha value is -2.88.